The molecule has 0 amide bonds. The Morgan fingerprint density at radius 1 is 1.27 bits per heavy atom. The number of rotatable bonds is 0. The predicted molar refractivity (Wildman–Crippen MR) is 101 cm³/mol. The van der Waals surface area contributed by atoms with E-state index in [0.717, 1.165) is 60.2 Å². The Kier molecular flexibility index (Phi) is 3.08. The zero-order chi connectivity index (χ0) is 17.7. The predicted octanol–water partition coefficient (Wildman–Crippen LogP) is 4.82. The van der Waals surface area contributed by atoms with Gasteiger partial charge in [0.2, 0.25) is 0 Å². The minimum Gasteiger partial charge on any atom is -0.411 e. The highest BCUT2D eigenvalue weighted by Crippen LogP contribution is 2.78. The summed E-state index contributed by atoms with van der Waals surface area (Å²) in [5.41, 5.74) is 2.89. The van der Waals surface area contributed by atoms with Crippen LogP contribution in [-0.2, 0) is 4.74 Å². The number of hydrogen-bond acceptors (Lipinski definition) is 3. The number of hydrogen-bond donors (Lipinski definition) is 1. The maximum absolute atomic E-state index is 9.22. The van der Waals surface area contributed by atoms with Gasteiger partial charge in [-0.2, -0.15) is 0 Å². The van der Waals surface area contributed by atoms with Gasteiger partial charge < -0.3 is 9.94 Å². The third kappa shape index (κ3) is 1.72. The molecule has 5 aliphatic carbocycles. The average molecular weight is 354 g/mol. The molecule has 9 atom stereocenters. The van der Waals surface area contributed by atoms with Gasteiger partial charge in [0.25, 0.3) is 0 Å². The van der Waals surface area contributed by atoms with Crippen LogP contribution < -0.4 is 0 Å². The van der Waals surface area contributed by atoms with E-state index in [-0.39, 0.29) is 5.60 Å². The van der Waals surface area contributed by atoms with Crippen molar-refractivity contribution < 1.29 is 9.94 Å². The third-order valence-corrected chi connectivity index (χ3v) is 9.57. The highest BCUT2D eigenvalue weighted by molar-refractivity contribution is 5.96. The number of nitrogens with zero attached hydrogens (tertiary/aromatic N) is 1. The molecule has 0 aromatic rings. The minimum atomic E-state index is 0.0619. The van der Waals surface area contributed by atoms with E-state index < -0.39 is 0 Å². The summed E-state index contributed by atoms with van der Waals surface area (Å²) in [6.45, 7) is 5.90. The molecule has 6 aliphatic rings. The van der Waals surface area contributed by atoms with Crippen LogP contribution in [0.1, 0.15) is 52.4 Å². The molecule has 0 aromatic heterocycles. The van der Waals surface area contributed by atoms with Crippen LogP contribution in [-0.4, -0.2) is 23.1 Å². The second kappa shape index (κ2) is 5.04. The largest absolute Gasteiger partial charge is 0.411 e. The second-order valence-electron chi connectivity index (χ2n) is 10.4. The van der Waals surface area contributed by atoms with Gasteiger partial charge in [0, 0.05) is 5.41 Å². The van der Waals surface area contributed by atoms with Gasteiger partial charge in [-0.05, 0) is 86.0 Å². The lowest BCUT2D eigenvalue weighted by molar-refractivity contribution is -0.138. The summed E-state index contributed by atoms with van der Waals surface area (Å²) in [6.07, 6.45) is 14.4. The molecule has 1 aliphatic heterocycles. The van der Waals surface area contributed by atoms with Gasteiger partial charge in [0.1, 0.15) is 0 Å². The van der Waals surface area contributed by atoms with Crippen molar-refractivity contribution in [1.29, 1.82) is 0 Å². The van der Waals surface area contributed by atoms with Crippen molar-refractivity contribution in [2.75, 3.05) is 6.61 Å². The molecule has 1 N–H and O–H groups in total. The second-order valence-corrected chi connectivity index (χ2v) is 10.4. The van der Waals surface area contributed by atoms with E-state index in [1.54, 1.807) is 5.57 Å². The lowest BCUT2D eigenvalue weighted by Crippen LogP contribution is -2.56. The lowest BCUT2D eigenvalue weighted by atomic mass is 9.47. The fraction of sp³-hybridized carbons (Fsp3) is 0.783. The third-order valence-electron chi connectivity index (χ3n) is 9.57. The Labute approximate surface area is 156 Å². The number of ether oxygens (including phenoxy) is 1. The van der Waals surface area contributed by atoms with E-state index in [4.69, 9.17) is 4.74 Å². The van der Waals surface area contributed by atoms with Crippen molar-refractivity contribution in [2.24, 2.45) is 52.0 Å². The van der Waals surface area contributed by atoms with Crippen molar-refractivity contribution in [3.05, 3.63) is 23.8 Å². The first-order valence-electron chi connectivity index (χ1n) is 10.8. The smallest absolute Gasteiger partial charge is 0.0954 e. The zero-order valence-corrected chi connectivity index (χ0v) is 16.0. The Morgan fingerprint density at radius 3 is 2.92 bits per heavy atom. The Hall–Kier alpha value is -1.09. The monoisotopic (exact) mass is 353 g/mol. The van der Waals surface area contributed by atoms with E-state index in [1.807, 2.05) is 0 Å². The molecule has 0 aromatic carbocycles. The van der Waals surface area contributed by atoms with Gasteiger partial charge in [-0.3, -0.25) is 0 Å². The summed E-state index contributed by atoms with van der Waals surface area (Å²) in [5, 5.41) is 12.7. The minimum absolute atomic E-state index is 0.0619. The first kappa shape index (κ1) is 15.9. The van der Waals surface area contributed by atoms with Crippen LogP contribution in [0.15, 0.2) is 29.0 Å². The van der Waals surface area contributed by atoms with Crippen LogP contribution in [0.25, 0.3) is 0 Å². The highest BCUT2D eigenvalue weighted by Gasteiger charge is 2.76. The molecule has 0 radical (unpaired) electrons. The van der Waals surface area contributed by atoms with Gasteiger partial charge in [-0.1, -0.05) is 36.7 Å². The van der Waals surface area contributed by atoms with Crippen molar-refractivity contribution in [3.8, 4) is 0 Å². The number of fused-ring (bicyclic) bond motifs is 9. The maximum Gasteiger partial charge on any atom is 0.0954 e. The van der Waals surface area contributed by atoms with Crippen LogP contribution in [0.2, 0.25) is 0 Å². The first-order valence-corrected chi connectivity index (χ1v) is 10.8. The summed E-state index contributed by atoms with van der Waals surface area (Å²) in [4.78, 5) is 0. The SMILES string of the molecule is CC1CC2=C/C(=N/O)CC[C@@H]2C2CC[C@@]3(C)C(C4CC4[C@@]34C=CCO4)C12. The summed E-state index contributed by atoms with van der Waals surface area (Å²) in [5.74, 6) is 5.71. The Balaban J connectivity index is 1.39. The maximum atomic E-state index is 9.22. The van der Waals surface area contributed by atoms with Crippen LogP contribution in [0.5, 0.6) is 0 Å². The summed E-state index contributed by atoms with van der Waals surface area (Å²) < 4.78 is 6.51. The van der Waals surface area contributed by atoms with Crippen LogP contribution in [0, 0.1) is 46.8 Å². The molecule has 3 heteroatoms. The van der Waals surface area contributed by atoms with Crippen LogP contribution in [0.4, 0.5) is 0 Å². The molecule has 26 heavy (non-hydrogen) atoms. The Morgan fingerprint density at radius 2 is 2.15 bits per heavy atom. The van der Waals surface area contributed by atoms with Gasteiger partial charge in [-0.15, -0.1) is 0 Å². The van der Waals surface area contributed by atoms with Crippen LogP contribution >= 0.6 is 0 Å². The quantitative estimate of drug-likeness (QED) is 0.385. The summed E-state index contributed by atoms with van der Waals surface area (Å²) in [7, 11) is 0. The van der Waals surface area contributed by atoms with E-state index in [0.29, 0.717) is 5.41 Å². The molecule has 3 nitrogen and oxygen atoms in total. The van der Waals surface area contributed by atoms with Crippen molar-refractivity contribution in [2.45, 2.75) is 58.0 Å². The fourth-order valence-electron chi connectivity index (χ4n) is 8.72. The normalized spacial score (nSPS) is 58.2. The zero-order valence-electron chi connectivity index (χ0n) is 16.0. The molecule has 1 heterocycles. The Bertz CT molecular complexity index is 738. The number of oxime groups is 1. The highest BCUT2D eigenvalue weighted by atomic mass is 16.5. The molecule has 6 unspecified atom stereocenters. The summed E-state index contributed by atoms with van der Waals surface area (Å²) >= 11 is 0. The lowest BCUT2D eigenvalue weighted by Gasteiger charge is -2.59. The topological polar surface area (TPSA) is 41.8 Å². The van der Waals surface area contributed by atoms with Crippen molar-refractivity contribution >= 4 is 5.71 Å². The van der Waals surface area contributed by atoms with Gasteiger partial charge in [0.15, 0.2) is 0 Å². The van der Waals surface area contributed by atoms with Crippen molar-refractivity contribution in [1.82, 2.24) is 0 Å². The standard InChI is InChI=1S/C23H31NO2/c1-13-10-14-11-15(24-25)4-5-16(14)17-6-8-22(2)21(20(13)17)18-12-19(18)23(22)7-3-9-26-23/h3,7,11,13,16-21,25H,4-6,8-10,12H2,1-2H3/b24-15+/t13?,16-,17?,18?,19?,20?,21?,22-,23-/m0/s1. The molecule has 0 bridgehead atoms. The average Bonchev–Trinajstić information content (AvgIpc) is 3.21. The van der Waals surface area contributed by atoms with Gasteiger partial charge >= 0.3 is 0 Å². The molecular formula is C23H31NO2. The van der Waals surface area contributed by atoms with E-state index >= 15 is 0 Å². The molecule has 4 fully saturated rings. The van der Waals surface area contributed by atoms with Crippen LogP contribution in [0.3, 0.4) is 0 Å². The van der Waals surface area contributed by atoms with Gasteiger partial charge in [-0.25, -0.2) is 0 Å². The van der Waals surface area contributed by atoms with Crippen molar-refractivity contribution in [3.63, 3.8) is 0 Å². The molecule has 140 valence electrons. The molecule has 1 spiro atoms. The molecule has 0 saturated heterocycles. The summed E-state index contributed by atoms with van der Waals surface area (Å²) in [6, 6.07) is 0. The van der Waals surface area contributed by atoms with E-state index in [1.165, 1.54) is 32.1 Å². The van der Waals surface area contributed by atoms with Gasteiger partial charge in [0.05, 0.1) is 17.9 Å². The molecular weight excluding hydrogens is 322 g/mol. The number of allylic oxidation sites excluding steroid dienone is 2. The first-order chi connectivity index (χ1) is 12.6. The molecule has 4 saturated carbocycles. The molecule has 6 rings (SSSR count). The van der Waals surface area contributed by atoms with E-state index in [2.05, 4.69) is 37.2 Å². The van der Waals surface area contributed by atoms with E-state index in [9.17, 15) is 5.21 Å². The fourth-order valence-corrected chi connectivity index (χ4v) is 8.72.